The number of nitrogens with one attached hydrogen (secondary N) is 2. The molecule has 10 atom stereocenters. The molecule has 3 unspecified atom stereocenters. The van der Waals surface area contributed by atoms with Gasteiger partial charge >= 0.3 is 24.1 Å². The van der Waals surface area contributed by atoms with Gasteiger partial charge in [-0.15, -0.1) is 0 Å². The number of benzene rings is 2. The van der Waals surface area contributed by atoms with Crippen LogP contribution < -0.4 is 20.1 Å². The first-order chi connectivity index (χ1) is 31.7. The first-order valence-electron chi connectivity index (χ1n) is 22.1. The minimum atomic E-state index is -1.13. The van der Waals surface area contributed by atoms with Crippen LogP contribution >= 0.6 is 0 Å². The van der Waals surface area contributed by atoms with Gasteiger partial charge in [0.1, 0.15) is 24.2 Å². The van der Waals surface area contributed by atoms with Crippen molar-refractivity contribution in [1.82, 2.24) is 20.4 Å². The van der Waals surface area contributed by atoms with Gasteiger partial charge in [-0.25, -0.2) is 19.2 Å². The normalized spacial score (nSPS) is 24.1. The van der Waals surface area contributed by atoms with Gasteiger partial charge in [-0.05, 0) is 101 Å². The Kier molecular flexibility index (Phi) is 14.8. The minimum absolute atomic E-state index is 0.0572. The van der Waals surface area contributed by atoms with Crippen molar-refractivity contribution < 1.29 is 76.3 Å². The molecule has 0 aromatic heterocycles. The Morgan fingerprint density at radius 1 is 0.591 bits per heavy atom. The van der Waals surface area contributed by atoms with E-state index in [0.29, 0.717) is 25.7 Å². The highest BCUT2D eigenvalue weighted by Crippen LogP contribution is 2.47. The van der Waals surface area contributed by atoms with E-state index in [4.69, 9.17) is 37.9 Å². The predicted molar refractivity (Wildman–Crippen MR) is 228 cm³/mol. The van der Waals surface area contributed by atoms with Crippen molar-refractivity contribution in [2.75, 3.05) is 41.7 Å². The second-order valence-electron chi connectivity index (χ2n) is 17.2. The number of Topliss-reactive ketones (excluding diaryl/α,β-unsaturated/α-hetero) is 2. The van der Waals surface area contributed by atoms with E-state index in [2.05, 4.69) is 10.6 Å². The van der Waals surface area contributed by atoms with Gasteiger partial charge < -0.3 is 58.3 Å². The molecule has 7 rings (SSSR count). The Hall–Kier alpha value is -6.28. The molecule has 20 nitrogen and oxygen atoms in total. The number of ketones is 2. The Morgan fingerprint density at radius 3 is 1.35 bits per heavy atom. The molecule has 0 radical (unpaired) electrons. The highest BCUT2D eigenvalue weighted by atomic mass is 16.6. The number of likely N-dealkylation sites (tertiary alicyclic amines) is 2. The molecule has 5 aliphatic rings. The summed E-state index contributed by atoms with van der Waals surface area (Å²) in [6.07, 6.45) is 2.34. The molecule has 4 fully saturated rings. The average Bonchev–Trinajstić information content (AvgIpc) is 4.14. The molecule has 2 aliphatic carbocycles. The summed E-state index contributed by atoms with van der Waals surface area (Å²) in [6, 6.07) is 4.14. The van der Waals surface area contributed by atoms with Gasteiger partial charge in [0.15, 0.2) is 47.8 Å². The fraction of sp³-hybridized carbons (Fsp3) is 0.565. The van der Waals surface area contributed by atoms with Crippen LogP contribution in [0.3, 0.4) is 0 Å². The number of hydrogen-bond donors (Lipinski definition) is 2. The first-order valence-corrected chi connectivity index (χ1v) is 22.1. The van der Waals surface area contributed by atoms with Crippen molar-refractivity contribution in [2.45, 2.75) is 114 Å². The molecule has 356 valence electrons. The van der Waals surface area contributed by atoms with Crippen molar-refractivity contribution in [3.63, 3.8) is 0 Å². The number of fused-ring (bicyclic) bond motifs is 4. The summed E-state index contributed by atoms with van der Waals surface area (Å²) in [5.41, 5.74) is 0.314. The molecule has 3 heterocycles. The van der Waals surface area contributed by atoms with Crippen molar-refractivity contribution in [1.29, 1.82) is 0 Å². The molecular formula is C46H56N4O16. The van der Waals surface area contributed by atoms with E-state index in [1.54, 1.807) is 13.8 Å². The predicted octanol–water partition coefficient (Wildman–Crippen LogP) is 4.09. The molecule has 3 aliphatic heterocycles. The van der Waals surface area contributed by atoms with Crippen LogP contribution in [0.2, 0.25) is 0 Å². The zero-order chi connectivity index (χ0) is 47.4. The summed E-state index contributed by atoms with van der Waals surface area (Å²) in [5.74, 6) is -2.62. The molecule has 20 heteroatoms. The van der Waals surface area contributed by atoms with Crippen molar-refractivity contribution in [3.8, 4) is 23.0 Å². The highest BCUT2D eigenvalue weighted by molar-refractivity contribution is 6.00. The van der Waals surface area contributed by atoms with Crippen molar-refractivity contribution in [2.24, 2.45) is 11.8 Å². The standard InChI is InChI=1S/C46H56N4O16/c1-23(59-3)39(47-45(57)61-5)41(53)49-29-11-7-9-25(29)17-31(49)43(55)63-21-33(51)27-13-15-35-37(19-27)65-36-16-14-28(20-38(36)66-35)34(52)22-64-44(56)32-18-26-10-8-12-30(26)50(32)42(54)40(24(2)60-4)48-46(58)62-6/h13-16,19-20,23-26,29-32,39-40H,7-12,17-18,21-22H2,1-6H3,(H,47,57)(H,48,58)/t23-,24?,25+,26+,29+,30+,31+,32-,39?,40?/m1/s1. The lowest BCUT2D eigenvalue weighted by Crippen LogP contribution is -2.58. The smallest absolute Gasteiger partial charge is 0.407 e. The molecule has 4 amide bonds. The van der Waals surface area contributed by atoms with Crippen LogP contribution in [0.4, 0.5) is 9.59 Å². The maximum Gasteiger partial charge on any atom is 0.407 e. The average molecular weight is 921 g/mol. The number of methoxy groups -OCH3 is 4. The van der Waals surface area contributed by atoms with Gasteiger partial charge in [-0.1, -0.05) is 12.8 Å². The molecule has 2 saturated carbocycles. The van der Waals surface area contributed by atoms with Crippen LogP contribution in [-0.2, 0) is 47.6 Å². The molecule has 2 N–H and O–H groups in total. The monoisotopic (exact) mass is 920 g/mol. The van der Waals surface area contributed by atoms with Gasteiger partial charge in [0.25, 0.3) is 0 Å². The van der Waals surface area contributed by atoms with E-state index in [-0.39, 0.29) is 58.0 Å². The third kappa shape index (κ3) is 9.79. The Labute approximate surface area is 381 Å². The maximum atomic E-state index is 13.9. The third-order valence-electron chi connectivity index (χ3n) is 13.5. The zero-order valence-corrected chi connectivity index (χ0v) is 37.7. The highest BCUT2D eigenvalue weighted by Gasteiger charge is 2.53. The fourth-order valence-electron chi connectivity index (χ4n) is 9.92. The van der Waals surface area contributed by atoms with E-state index >= 15 is 0 Å². The van der Waals surface area contributed by atoms with Crippen LogP contribution in [0.1, 0.15) is 85.9 Å². The molecular weight excluding hydrogens is 865 g/mol. The Bertz CT molecular complexity index is 2080. The molecule has 0 spiro atoms. The number of rotatable bonds is 16. The molecule has 2 saturated heterocycles. The fourth-order valence-corrected chi connectivity index (χ4v) is 9.92. The van der Waals surface area contributed by atoms with E-state index in [9.17, 15) is 38.4 Å². The van der Waals surface area contributed by atoms with E-state index in [1.165, 1.54) is 74.6 Å². The van der Waals surface area contributed by atoms with Gasteiger partial charge in [-0.3, -0.25) is 19.2 Å². The minimum Gasteiger partial charge on any atom is -0.456 e. The van der Waals surface area contributed by atoms with Crippen molar-refractivity contribution >= 4 is 47.5 Å². The third-order valence-corrected chi connectivity index (χ3v) is 13.5. The summed E-state index contributed by atoms with van der Waals surface area (Å²) in [5, 5.41) is 5.04. The zero-order valence-electron chi connectivity index (χ0n) is 37.7. The van der Waals surface area contributed by atoms with E-state index < -0.39 is 97.1 Å². The van der Waals surface area contributed by atoms with E-state index in [1.807, 2.05) is 0 Å². The van der Waals surface area contributed by atoms with Crippen LogP contribution in [0, 0.1) is 11.8 Å². The number of esters is 2. The van der Waals surface area contributed by atoms with Crippen LogP contribution in [0.25, 0.3) is 0 Å². The second-order valence-corrected chi connectivity index (χ2v) is 17.2. The van der Waals surface area contributed by atoms with Crippen LogP contribution in [-0.4, -0.2) is 147 Å². The molecule has 66 heavy (non-hydrogen) atoms. The number of amides is 4. The van der Waals surface area contributed by atoms with Gasteiger partial charge in [-0.2, -0.15) is 0 Å². The van der Waals surface area contributed by atoms with E-state index in [0.717, 1.165) is 25.7 Å². The molecule has 2 aromatic rings. The summed E-state index contributed by atoms with van der Waals surface area (Å²) in [6.45, 7) is 2.01. The largest absolute Gasteiger partial charge is 0.456 e. The number of ether oxygens (including phenoxy) is 8. The molecule has 2 aromatic carbocycles. The summed E-state index contributed by atoms with van der Waals surface area (Å²) in [7, 11) is 5.16. The number of carbonyl (C=O) groups is 8. The van der Waals surface area contributed by atoms with Crippen LogP contribution in [0.5, 0.6) is 23.0 Å². The Balaban J connectivity index is 0.954. The topological polar surface area (TPSA) is 241 Å². The lowest BCUT2D eigenvalue weighted by atomic mass is 10.0. The van der Waals surface area contributed by atoms with Gasteiger partial charge in [0.05, 0.1) is 26.4 Å². The van der Waals surface area contributed by atoms with Gasteiger partial charge in [0, 0.05) is 37.4 Å². The number of alkyl carbamates (subject to hydrolysis) is 2. The lowest BCUT2D eigenvalue weighted by molar-refractivity contribution is -0.155. The number of hydrogen-bond acceptors (Lipinski definition) is 16. The Morgan fingerprint density at radius 2 is 0.985 bits per heavy atom. The SMILES string of the molecule is COC(=O)NC(C(=O)N1[C@@H](C(=O)OCC(=O)c2ccc3c(c2)Oc2ccc(C(=O)COC(=O)[C@@H]4C[C@@H]5CCC[C@@H]5N4C(=O)C(NC(=O)OC)[C@@H](C)OC)cc2O3)C[C@@H]2CCC[C@@H]21)C(C)OC. The number of nitrogens with zero attached hydrogens (tertiary/aromatic N) is 2. The molecule has 0 bridgehead atoms. The quantitative estimate of drug-likeness (QED) is 0.117. The summed E-state index contributed by atoms with van der Waals surface area (Å²) in [4.78, 5) is 109. The summed E-state index contributed by atoms with van der Waals surface area (Å²) < 4.78 is 43.3. The number of carbonyl (C=O) groups excluding carboxylic acids is 8. The second kappa shape index (κ2) is 20.5. The summed E-state index contributed by atoms with van der Waals surface area (Å²) >= 11 is 0. The maximum absolute atomic E-state index is 13.9. The first kappa shape index (κ1) is 47.7. The van der Waals surface area contributed by atoms with Gasteiger partial charge in [0.2, 0.25) is 11.8 Å². The van der Waals surface area contributed by atoms with Crippen molar-refractivity contribution in [3.05, 3.63) is 47.5 Å². The lowest BCUT2D eigenvalue weighted by Gasteiger charge is -2.33. The van der Waals surface area contributed by atoms with Crippen LogP contribution in [0.15, 0.2) is 36.4 Å².